The molecule has 1 saturated carbocycles. The van der Waals surface area contributed by atoms with Crippen molar-refractivity contribution < 1.29 is 9.18 Å². The number of rotatable bonds is 4. The molecule has 1 fully saturated rings. The van der Waals surface area contributed by atoms with Crippen molar-refractivity contribution >= 4 is 12.0 Å². The number of carbonyl (C=O) groups excluding carboxylic acids is 1. The maximum absolute atomic E-state index is 13.0. The smallest absolute Gasteiger partial charge is 0.146 e. The van der Waals surface area contributed by atoms with Gasteiger partial charge in [0.15, 0.2) is 0 Å². The second-order valence-electron chi connectivity index (χ2n) is 4.13. The minimum atomic E-state index is -0.389. The van der Waals surface area contributed by atoms with E-state index < -0.39 is 0 Å². The SMILES string of the molecule is Nc1cc([C@@H](CC=O)C2CC2)ccc1F. The zero-order valence-corrected chi connectivity index (χ0v) is 8.45. The molecule has 80 valence electrons. The normalized spacial score (nSPS) is 17.4. The van der Waals surface area contributed by atoms with Gasteiger partial charge in [0.2, 0.25) is 0 Å². The van der Waals surface area contributed by atoms with E-state index in [0.717, 1.165) is 24.7 Å². The van der Waals surface area contributed by atoms with Crippen LogP contribution in [0.2, 0.25) is 0 Å². The van der Waals surface area contributed by atoms with Crippen LogP contribution in [0.3, 0.4) is 0 Å². The standard InChI is InChI=1S/C12H14FNO/c13-11-4-3-9(7-12(11)14)10(5-6-15)8-1-2-8/h3-4,6-8,10H,1-2,5,14H2/t10-/m0/s1. The highest BCUT2D eigenvalue weighted by molar-refractivity contribution is 5.53. The number of anilines is 1. The van der Waals surface area contributed by atoms with Crippen molar-refractivity contribution in [3.8, 4) is 0 Å². The summed E-state index contributed by atoms with van der Waals surface area (Å²) < 4.78 is 13.0. The Kier molecular flexibility index (Phi) is 2.71. The summed E-state index contributed by atoms with van der Waals surface area (Å²) in [6.45, 7) is 0. The van der Waals surface area contributed by atoms with Gasteiger partial charge in [0.1, 0.15) is 12.1 Å². The lowest BCUT2D eigenvalue weighted by molar-refractivity contribution is -0.108. The van der Waals surface area contributed by atoms with Crippen LogP contribution in [0, 0.1) is 11.7 Å². The summed E-state index contributed by atoms with van der Waals surface area (Å²) in [5.41, 5.74) is 6.67. The van der Waals surface area contributed by atoms with Gasteiger partial charge >= 0.3 is 0 Å². The molecule has 0 saturated heterocycles. The molecule has 0 bridgehead atoms. The second-order valence-corrected chi connectivity index (χ2v) is 4.13. The summed E-state index contributed by atoms with van der Waals surface area (Å²) in [5.74, 6) is 0.421. The Hall–Kier alpha value is -1.38. The second kappa shape index (κ2) is 4.01. The van der Waals surface area contributed by atoms with Crippen molar-refractivity contribution in [2.75, 3.05) is 5.73 Å². The Morgan fingerprint density at radius 3 is 2.80 bits per heavy atom. The molecule has 2 N–H and O–H groups in total. The summed E-state index contributed by atoms with van der Waals surface area (Å²) in [5, 5.41) is 0. The van der Waals surface area contributed by atoms with E-state index in [0.29, 0.717) is 12.3 Å². The molecule has 1 aromatic carbocycles. The monoisotopic (exact) mass is 207 g/mol. The van der Waals surface area contributed by atoms with Crippen LogP contribution >= 0.6 is 0 Å². The number of hydrogen-bond acceptors (Lipinski definition) is 2. The van der Waals surface area contributed by atoms with Crippen LogP contribution in [0.5, 0.6) is 0 Å². The first kappa shape index (κ1) is 10.1. The number of nitrogens with two attached hydrogens (primary N) is 1. The van der Waals surface area contributed by atoms with E-state index in [9.17, 15) is 9.18 Å². The van der Waals surface area contributed by atoms with Gasteiger partial charge in [-0.1, -0.05) is 6.07 Å². The molecule has 0 unspecified atom stereocenters. The van der Waals surface area contributed by atoms with Gasteiger partial charge in [-0.2, -0.15) is 0 Å². The van der Waals surface area contributed by atoms with Gasteiger partial charge in [-0.15, -0.1) is 0 Å². The number of carbonyl (C=O) groups is 1. The molecule has 0 aliphatic heterocycles. The Bertz CT molecular complexity index is 374. The van der Waals surface area contributed by atoms with Gasteiger partial charge in [0.05, 0.1) is 5.69 Å². The van der Waals surface area contributed by atoms with Crippen LogP contribution in [0.15, 0.2) is 18.2 Å². The van der Waals surface area contributed by atoms with Crippen LogP contribution in [0.1, 0.15) is 30.7 Å². The largest absolute Gasteiger partial charge is 0.396 e. The Morgan fingerprint density at radius 1 is 1.53 bits per heavy atom. The quantitative estimate of drug-likeness (QED) is 0.609. The molecule has 3 heteroatoms. The molecular weight excluding hydrogens is 193 g/mol. The molecule has 1 aromatic rings. The first-order valence-corrected chi connectivity index (χ1v) is 5.21. The number of benzene rings is 1. The highest BCUT2D eigenvalue weighted by Gasteiger charge is 2.32. The van der Waals surface area contributed by atoms with E-state index in [2.05, 4.69) is 0 Å². The van der Waals surface area contributed by atoms with Crippen molar-refractivity contribution in [1.82, 2.24) is 0 Å². The van der Waals surface area contributed by atoms with E-state index in [4.69, 9.17) is 5.73 Å². The van der Waals surface area contributed by atoms with E-state index in [1.165, 1.54) is 6.07 Å². The molecule has 0 spiro atoms. The highest BCUT2D eigenvalue weighted by Crippen LogP contribution is 2.44. The van der Waals surface area contributed by atoms with E-state index >= 15 is 0 Å². The van der Waals surface area contributed by atoms with E-state index in [1.807, 2.05) is 0 Å². The topological polar surface area (TPSA) is 43.1 Å². The molecule has 1 aliphatic carbocycles. The molecule has 0 aromatic heterocycles. The zero-order valence-electron chi connectivity index (χ0n) is 8.45. The van der Waals surface area contributed by atoms with Gasteiger partial charge in [0, 0.05) is 6.42 Å². The minimum Gasteiger partial charge on any atom is -0.396 e. The molecule has 2 rings (SSSR count). The fourth-order valence-electron chi connectivity index (χ4n) is 2.00. The lowest BCUT2D eigenvalue weighted by atomic mass is 9.91. The maximum Gasteiger partial charge on any atom is 0.146 e. The van der Waals surface area contributed by atoms with Crippen molar-refractivity contribution in [3.05, 3.63) is 29.6 Å². The van der Waals surface area contributed by atoms with Gasteiger partial charge in [-0.3, -0.25) is 0 Å². The molecule has 0 heterocycles. The van der Waals surface area contributed by atoms with Gasteiger partial charge < -0.3 is 10.5 Å². The summed E-state index contributed by atoms with van der Waals surface area (Å²) in [6.07, 6.45) is 3.77. The lowest BCUT2D eigenvalue weighted by Gasteiger charge is -2.14. The molecule has 1 aliphatic rings. The van der Waals surface area contributed by atoms with Gasteiger partial charge in [-0.25, -0.2) is 4.39 Å². The number of aldehydes is 1. The first-order chi connectivity index (χ1) is 7.22. The average Bonchev–Trinajstić information content (AvgIpc) is 3.02. The Balaban J connectivity index is 2.24. The van der Waals surface area contributed by atoms with E-state index in [1.54, 1.807) is 12.1 Å². The molecular formula is C12H14FNO. The fourth-order valence-corrected chi connectivity index (χ4v) is 2.00. The van der Waals surface area contributed by atoms with Gasteiger partial charge in [0.25, 0.3) is 0 Å². The van der Waals surface area contributed by atoms with Crippen LogP contribution < -0.4 is 5.73 Å². The summed E-state index contributed by atoms with van der Waals surface area (Å²) >= 11 is 0. The first-order valence-electron chi connectivity index (χ1n) is 5.21. The van der Waals surface area contributed by atoms with Crippen molar-refractivity contribution in [1.29, 1.82) is 0 Å². The average molecular weight is 207 g/mol. The molecule has 0 radical (unpaired) electrons. The highest BCUT2D eigenvalue weighted by atomic mass is 19.1. The summed E-state index contributed by atoms with van der Waals surface area (Å²) in [7, 11) is 0. The third-order valence-corrected chi connectivity index (χ3v) is 2.99. The van der Waals surface area contributed by atoms with Gasteiger partial charge in [-0.05, 0) is 42.4 Å². The summed E-state index contributed by atoms with van der Waals surface area (Å²) in [4.78, 5) is 10.6. The van der Waals surface area contributed by atoms with Crippen molar-refractivity contribution in [2.24, 2.45) is 5.92 Å². The third-order valence-electron chi connectivity index (χ3n) is 2.99. The van der Waals surface area contributed by atoms with E-state index in [-0.39, 0.29) is 17.4 Å². The van der Waals surface area contributed by atoms with Crippen molar-refractivity contribution in [3.63, 3.8) is 0 Å². The number of halogens is 1. The Morgan fingerprint density at radius 2 is 2.27 bits per heavy atom. The molecule has 1 atom stereocenters. The number of hydrogen-bond donors (Lipinski definition) is 1. The van der Waals surface area contributed by atoms with Crippen LogP contribution in [0.25, 0.3) is 0 Å². The predicted octanol–water partition coefficient (Wildman–Crippen LogP) is 2.49. The predicted molar refractivity (Wildman–Crippen MR) is 57.0 cm³/mol. The third kappa shape index (κ3) is 2.17. The summed E-state index contributed by atoms with van der Waals surface area (Å²) in [6, 6.07) is 4.77. The Labute approximate surface area is 88.3 Å². The zero-order chi connectivity index (χ0) is 10.8. The minimum absolute atomic E-state index is 0.170. The molecule has 15 heavy (non-hydrogen) atoms. The van der Waals surface area contributed by atoms with Crippen LogP contribution in [-0.4, -0.2) is 6.29 Å². The molecule has 2 nitrogen and oxygen atoms in total. The fraction of sp³-hybridized carbons (Fsp3) is 0.417. The lowest BCUT2D eigenvalue weighted by Crippen LogP contribution is -2.03. The van der Waals surface area contributed by atoms with Crippen molar-refractivity contribution in [2.45, 2.75) is 25.2 Å². The maximum atomic E-state index is 13.0. The van der Waals surface area contributed by atoms with Crippen LogP contribution in [0.4, 0.5) is 10.1 Å². The molecule has 0 amide bonds. The number of nitrogen functional groups attached to an aromatic ring is 1. The van der Waals surface area contributed by atoms with Crippen LogP contribution in [-0.2, 0) is 4.79 Å².